The third kappa shape index (κ3) is 4.30. The van der Waals surface area contributed by atoms with E-state index in [0.29, 0.717) is 12.1 Å². The smallest absolute Gasteiger partial charge is 0.253 e. The van der Waals surface area contributed by atoms with Crippen molar-refractivity contribution >= 4 is 5.91 Å². The Labute approximate surface area is 147 Å². The van der Waals surface area contributed by atoms with Gasteiger partial charge in [-0.1, -0.05) is 18.2 Å². The Kier molecular flexibility index (Phi) is 5.20. The molecule has 2 heterocycles. The van der Waals surface area contributed by atoms with Crippen LogP contribution in [-0.4, -0.2) is 39.4 Å². The Balaban J connectivity index is 1.78. The second-order valence-electron chi connectivity index (χ2n) is 6.03. The van der Waals surface area contributed by atoms with Crippen molar-refractivity contribution in [2.75, 3.05) is 14.1 Å². The lowest BCUT2D eigenvalue weighted by atomic mass is 10.1. The van der Waals surface area contributed by atoms with E-state index < -0.39 is 0 Å². The van der Waals surface area contributed by atoms with Crippen LogP contribution in [0.1, 0.15) is 21.7 Å². The van der Waals surface area contributed by atoms with Gasteiger partial charge in [0, 0.05) is 18.9 Å². The highest BCUT2D eigenvalue weighted by atomic mass is 16.1. The van der Waals surface area contributed by atoms with Crippen molar-refractivity contribution in [3.8, 4) is 5.69 Å². The monoisotopic (exact) mass is 335 g/mol. The summed E-state index contributed by atoms with van der Waals surface area (Å²) in [6.45, 7) is 1.14. The first-order valence-corrected chi connectivity index (χ1v) is 8.08. The van der Waals surface area contributed by atoms with Crippen LogP contribution in [0.4, 0.5) is 0 Å². The largest absolute Gasteiger partial charge is 0.346 e. The molecule has 1 amide bonds. The first-order valence-electron chi connectivity index (χ1n) is 8.08. The molecule has 0 fully saturated rings. The summed E-state index contributed by atoms with van der Waals surface area (Å²) in [4.78, 5) is 23.3. The van der Waals surface area contributed by atoms with Crippen LogP contribution in [0, 0.1) is 0 Å². The standard InChI is InChI=1S/C19H21N5O/c1-23(2)12-16-13-24(14-22-16)18-9-4-3-8-17(18)19(25)21-11-15-7-5-6-10-20-15/h3-10,13-14H,11-12H2,1-2H3,(H,21,25). The normalized spacial score (nSPS) is 10.8. The number of benzene rings is 1. The van der Waals surface area contributed by atoms with Crippen molar-refractivity contribution in [2.45, 2.75) is 13.1 Å². The molecule has 0 bridgehead atoms. The summed E-state index contributed by atoms with van der Waals surface area (Å²) < 4.78 is 1.88. The van der Waals surface area contributed by atoms with E-state index >= 15 is 0 Å². The van der Waals surface area contributed by atoms with E-state index in [0.717, 1.165) is 23.6 Å². The van der Waals surface area contributed by atoms with Gasteiger partial charge in [-0.2, -0.15) is 0 Å². The molecular weight excluding hydrogens is 314 g/mol. The fraction of sp³-hybridized carbons (Fsp3) is 0.211. The first-order chi connectivity index (χ1) is 12.1. The molecule has 6 nitrogen and oxygen atoms in total. The Bertz CT molecular complexity index is 842. The predicted molar refractivity (Wildman–Crippen MR) is 96.4 cm³/mol. The second kappa shape index (κ2) is 7.72. The molecule has 1 aromatic carbocycles. The molecule has 0 aliphatic heterocycles. The minimum absolute atomic E-state index is 0.135. The summed E-state index contributed by atoms with van der Waals surface area (Å²) in [7, 11) is 4.00. The van der Waals surface area contributed by atoms with Crippen LogP contribution in [0.3, 0.4) is 0 Å². The van der Waals surface area contributed by atoms with E-state index in [4.69, 9.17) is 0 Å². The van der Waals surface area contributed by atoms with E-state index in [1.54, 1.807) is 12.5 Å². The van der Waals surface area contributed by atoms with Crippen molar-refractivity contribution in [1.82, 2.24) is 24.8 Å². The molecule has 0 aliphatic rings. The van der Waals surface area contributed by atoms with Gasteiger partial charge in [-0.3, -0.25) is 9.78 Å². The molecule has 3 aromatic rings. The molecule has 128 valence electrons. The highest BCUT2D eigenvalue weighted by molar-refractivity contribution is 5.97. The van der Waals surface area contributed by atoms with Gasteiger partial charge in [0.15, 0.2) is 0 Å². The van der Waals surface area contributed by atoms with Crippen LogP contribution in [0.15, 0.2) is 61.2 Å². The number of pyridine rings is 1. The number of nitrogens with one attached hydrogen (secondary N) is 1. The Morgan fingerprint density at radius 2 is 1.88 bits per heavy atom. The van der Waals surface area contributed by atoms with Crippen molar-refractivity contribution in [2.24, 2.45) is 0 Å². The lowest BCUT2D eigenvalue weighted by Crippen LogP contribution is -2.24. The average molecular weight is 335 g/mol. The number of hydrogen-bond donors (Lipinski definition) is 1. The van der Waals surface area contributed by atoms with E-state index in [9.17, 15) is 4.79 Å². The molecule has 25 heavy (non-hydrogen) atoms. The first kappa shape index (κ1) is 16.9. The summed E-state index contributed by atoms with van der Waals surface area (Å²) in [6.07, 6.45) is 5.40. The summed E-state index contributed by atoms with van der Waals surface area (Å²) in [5.74, 6) is -0.135. The van der Waals surface area contributed by atoms with Crippen LogP contribution in [0.2, 0.25) is 0 Å². The summed E-state index contributed by atoms with van der Waals surface area (Å²) in [5.41, 5.74) is 3.18. The number of amides is 1. The lowest BCUT2D eigenvalue weighted by Gasteiger charge is -2.11. The van der Waals surface area contributed by atoms with Gasteiger partial charge in [0.05, 0.1) is 35.5 Å². The fourth-order valence-corrected chi connectivity index (χ4v) is 2.56. The molecule has 0 saturated heterocycles. The predicted octanol–water partition coefficient (Wildman–Crippen LogP) is 2.26. The molecule has 0 radical (unpaired) electrons. The highest BCUT2D eigenvalue weighted by Gasteiger charge is 2.13. The van der Waals surface area contributed by atoms with Gasteiger partial charge in [0.25, 0.3) is 5.91 Å². The van der Waals surface area contributed by atoms with Crippen molar-refractivity contribution in [1.29, 1.82) is 0 Å². The molecule has 0 unspecified atom stereocenters. The Morgan fingerprint density at radius 1 is 1.08 bits per heavy atom. The number of imidazole rings is 1. The molecule has 0 atom stereocenters. The third-order valence-electron chi connectivity index (χ3n) is 3.70. The van der Waals surface area contributed by atoms with Crippen molar-refractivity contribution in [3.05, 3.63) is 78.1 Å². The maximum atomic E-state index is 12.6. The number of aromatic nitrogens is 3. The highest BCUT2D eigenvalue weighted by Crippen LogP contribution is 2.15. The minimum Gasteiger partial charge on any atom is -0.346 e. The van der Waals surface area contributed by atoms with E-state index in [-0.39, 0.29) is 5.91 Å². The number of nitrogens with zero attached hydrogens (tertiary/aromatic N) is 4. The fourth-order valence-electron chi connectivity index (χ4n) is 2.56. The number of hydrogen-bond acceptors (Lipinski definition) is 4. The molecule has 0 saturated carbocycles. The SMILES string of the molecule is CN(C)Cc1cn(-c2ccccc2C(=O)NCc2ccccn2)cn1. The van der Waals surface area contributed by atoms with E-state index in [1.807, 2.05) is 67.3 Å². The Hall–Kier alpha value is -2.99. The summed E-state index contributed by atoms with van der Waals surface area (Å²) in [6, 6.07) is 13.1. The minimum atomic E-state index is -0.135. The summed E-state index contributed by atoms with van der Waals surface area (Å²) >= 11 is 0. The van der Waals surface area contributed by atoms with Crippen LogP contribution in [0.5, 0.6) is 0 Å². The molecule has 3 rings (SSSR count). The molecule has 1 N–H and O–H groups in total. The number of rotatable bonds is 6. The van der Waals surface area contributed by atoms with Crippen LogP contribution >= 0.6 is 0 Å². The molecular formula is C19H21N5O. The van der Waals surface area contributed by atoms with Crippen LogP contribution in [0.25, 0.3) is 5.69 Å². The van der Waals surface area contributed by atoms with Crippen LogP contribution in [-0.2, 0) is 13.1 Å². The molecule has 0 aliphatic carbocycles. The second-order valence-corrected chi connectivity index (χ2v) is 6.03. The number of carbonyl (C=O) groups is 1. The number of para-hydroxylation sites is 1. The zero-order valence-electron chi connectivity index (χ0n) is 14.4. The van der Waals surface area contributed by atoms with E-state index in [1.165, 1.54) is 0 Å². The average Bonchev–Trinajstić information content (AvgIpc) is 3.08. The lowest BCUT2D eigenvalue weighted by molar-refractivity contribution is 0.0950. The zero-order chi connectivity index (χ0) is 17.6. The van der Waals surface area contributed by atoms with Crippen LogP contribution < -0.4 is 5.32 Å². The molecule has 6 heteroatoms. The van der Waals surface area contributed by atoms with Crippen molar-refractivity contribution < 1.29 is 4.79 Å². The van der Waals surface area contributed by atoms with Gasteiger partial charge in [-0.05, 0) is 38.4 Å². The van der Waals surface area contributed by atoms with Gasteiger partial charge < -0.3 is 14.8 Å². The molecule has 0 spiro atoms. The topological polar surface area (TPSA) is 63.1 Å². The van der Waals surface area contributed by atoms with Gasteiger partial charge in [0.2, 0.25) is 0 Å². The van der Waals surface area contributed by atoms with Gasteiger partial charge in [-0.15, -0.1) is 0 Å². The maximum absolute atomic E-state index is 12.6. The van der Waals surface area contributed by atoms with Gasteiger partial charge in [0.1, 0.15) is 0 Å². The Morgan fingerprint density at radius 3 is 2.64 bits per heavy atom. The maximum Gasteiger partial charge on any atom is 0.253 e. The van der Waals surface area contributed by atoms with Crippen molar-refractivity contribution in [3.63, 3.8) is 0 Å². The molecule has 2 aromatic heterocycles. The van der Waals surface area contributed by atoms with Gasteiger partial charge in [-0.25, -0.2) is 4.98 Å². The third-order valence-corrected chi connectivity index (χ3v) is 3.70. The quantitative estimate of drug-likeness (QED) is 0.750. The zero-order valence-corrected chi connectivity index (χ0v) is 14.4. The van der Waals surface area contributed by atoms with Gasteiger partial charge >= 0.3 is 0 Å². The summed E-state index contributed by atoms with van der Waals surface area (Å²) in [5, 5.41) is 2.92. The number of carbonyl (C=O) groups excluding carboxylic acids is 1. The van der Waals surface area contributed by atoms with E-state index in [2.05, 4.69) is 20.2 Å².